The van der Waals surface area contributed by atoms with E-state index in [1.807, 2.05) is 27.7 Å². The van der Waals surface area contributed by atoms with Gasteiger partial charge in [-0.2, -0.15) is 0 Å². The summed E-state index contributed by atoms with van der Waals surface area (Å²) in [6.45, 7) is 7.67. The summed E-state index contributed by atoms with van der Waals surface area (Å²) in [6.07, 6.45) is 9.72. The predicted octanol–water partition coefficient (Wildman–Crippen LogP) is 4.71. The van der Waals surface area contributed by atoms with Crippen molar-refractivity contribution >= 4 is 12.2 Å². The van der Waals surface area contributed by atoms with Gasteiger partial charge in [0, 0.05) is 11.4 Å². The molecule has 1 aliphatic rings. The largest absolute Gasteiger partial charge is 0.443 e. The van der Waals surface area contributed by atoms with Gasteiger partial charge in [0.05, 0.1) is 0 Å². The smallest absolute Gasteiger partial charge is 0.418 e. The molecule has 0 radical (unpaired) electrons. The van der Waals surface area contributed by atoms with Gasteiger partial charge >= 0.3 is 6.09 Å². The van der Waals surface area contributed by atoms with Crippen LogP contribution >= 0.6 is 0 Å². The van der Waals surface area contributed by atoms with Gasteiger partial charge < -0.3 is 4.74 Å². The normalized spacial score (nSPS) is 17.6. The van der Waals surface area contributed by atoms with Crippen LogP contribution in [0.2, 0.25) is 0 Å². The van der Waals surface area contributed by atoms with Crippen molar-refractivity contribution in [2.24, 2.45) is 0 Å². The van der Waals surface area contributed by atoms with E-state index in [9.17, 15) is 4.79 Å². The number of allylic oxidation sites excluding steroid dienone is 1. The molecule has 0 saturated heterocycles. The van der Waals surface area contributed by atoms with E-state index >= 15 is 0 Å². The van der Waals surface area contributed by atoms with Gasteiger partial charge in [0.15, 0.2) is 0 Å². The molecule has 0 unspecified atom stereocenters. The lowest BCUT2D eigenvalue weighted by Crippen LogP contribution is -2.28. The second kappa shape index (κ2) is 5.86. The lowest BCUT2D eigenvalue weighted by Gasteiger charge is -2.21. The highest BCUT2D eigenvalue weighted by Crippen LogP contribution is 2.23. The van der Waals surface area contributed by atoms with E-state index in [2.05, 4.69) is 18.2 Å². The molecule has 1 aromatic rings. The van der Waals surface area contributed by atoms with E-state index in [0.29, 0.717) is 0 Å². The van der Waals surface area contributed by atoms with E-state index < -0.39 is 5.60 Å². The second-order valence-electron chi connectivity index (χ2n) is 6.51. The van der Waals surface area contributed by atoms with Crippen LogP contribution in [0.3, 0.4) is 0 Å². The van der Waals surface area contributed by atoms with Gasteiger partial charge in [-0.25, -0.2) is 4.79 Å². The van der Waals surface area contributed by atoms with Crippen molar-refractivity contribution < 1.29 is 9.53 Å². The third-order valence-corrected chi connectivity index (χ3v) is 3.48. The molecule has 2 rings (SSSR count). The maximum absolute atomic E-state index is 12.4. The number of aromatic nitrogens is 1. The fourth-order valence-corrected chi connectivity index (χ4v) is 2.62. The van der Waals surface area contributed by atoms with Gasteiger partial charge in [-0.05, 0) is 65.0 Å². The number of carbonyl (C=O) groups excluding carboxylic acids is 1. The topological polar surface area (TPSA) is 31.2 Å². The minimum atomic E-state index is -0.463. The summed E-state index contributed by atoms with van der Waals surface area (Å²) in [7, 11) is 0. The Kier molecular flexibility index (Phi) is 4.36. The molecule has 1 heterocycles. The van der Waals surface area contributed by atoms with Crippen LogP contribution in [0.4, 0.5) is 4.79 Å². The third kappa shape index (κ3) is 3.53. The quantitative estimate of drug-likeness (QED) is 0.686. The molecule has 20 heavy (non-hydrogen) atoms. The first-order chi connectivity index (χ1) is 9.38. The van der Waals surface area contributed by atoms with E-state index in [-0.39, 0.29) is 6.09 Å². The molecule has 0 fully saturated rings. The molecular formula is C17H25NO2. The average Bonchev–Trinajstić information content (AvgIpc) is 2.65. The molecule has 0 bridgehead atoms. The monoisotopic (exact) mass is 275 g/mol. The number of rotatable bonds is 0. The van der Waals surface area contributed by atoms with Crippen molar-refractivity contribution in [1.82, 2.24) is 4.57 Å². The van der Waals surface area contributed by atoms with Crippen LogP contribution in [0.1, 0.15) is 63.4 Å². The van der Waals surface area contributed by atoms with Gasteiger partial charge in [-0.3, -0.25) is 4.57 Å². The van der Waals surface area contributed by atoms with E-state index in [1.165, 1.54) is 12.8 Å². The first-order valence-corrected chi connectivity index (χ1v) is 7.49. The Labute approximate surface area is 121 Å². The van der Waals surface area contributed by atoms with Gasteiger partial charge in [0.2, 0.25) is 0 Å². The number of fused-ring (bicyclic) bond motifs is 1. The Balaban J connectivity index is 2.36. The molecule has 110 valence electrons. The summed E-state index contributed by atoms with van der Waals surface area (Å²) in [6, 6.07) is 2.08. The number of aryl methyl sites for hydroxylation is 1. The fraction of sp³-hybridized carbons (Fsp3) is 0.588. The number of hydrogen-bond acceptors (Lipinski definition) is 2. The lowest BCUT2D eigenvalue weighted by molar-refractivity contribution is 0.0530. The highest BCUT2D eigenvalue weighted by atomic mass is 16.6. The Bertz CT molecular complexity index is 518. The van der Waals surface area contributed by atoms with E-state index in [0.717, 1.165) is 36.2 Å². The summed E-state index contributed by atoms with van der Waals surface area (Å²) in [5, 5.41) is 0. The maximum atomic E-state index is 12.4. The Hall–Kier alpha value is -1.51. The molecule has 0 aromatic carbocycles. The van der Waals surface area contributed by atoms with E-state index in [1.54, 1.807) is 4.57 Å². The molecule has 0 amide bonds. The molecule has 0 atom stereocenters. The van der Waals surface area contributed by atoms with Gasteiger partial charge in [-0.15, -0.1) is 0 Å². The van der Waals surface area contributed by atoms with Crippen molar-refractivity contribution in [2.75, 3.05) is 0 Å². The van der Waals surface area contributed by atoms with Gasteiger partial charge in [-0.1, -0.05) is 18.6 Å². The van der Waals surface area contributed by atoms with E-state index in [4.69, 9.17) is 4.74 Å². The van der Waals surface area contributed by atoms with Crippen LogP contribution in [0, 0.1) is 6.92 Å². The number of ether oxygens (including phenoxy) is 1. The Morgan fingerprint density at radius 1 is 1.25 bits per heavy atom. The molecule has 0 N–H and O–H groups in total. The van der Waals surface area contributed by atoms with Gasteiger partial charge in [0.25, 0.3) is 0 Å². The predicted molar refractivity (Wildman–Crippen MR) is 82.0 cm³/mol. The maximum Gasteiger partial charge on any atom is 0.418 e. The molecule has 0 aliphatic heterocycles. The Morgan fingerprint density at radius 3 is 2.70 bits per heavy atom. The first kappa shape index (κ1) is 14.9. The fourth-order valence-electron chi connectivity index (χ4n) is 2.62. The molecule has 0 saturated carbocycles. The molecule has 3 heteroatoms. The SMILES string of the molecule is Cc1cc2c(n1C(=O)OC(C)(C)C)CCCCC/C=C\2. The third-order valence-electron chi connectivity index (χ3n) is 3.48. The van der Waals surface area contributed by atoms with Crippen molar-refractivity contribution in [3.63, 3.8) is 0 Å². The molecule has 1 aliphatic carbocycles. The highest BCUT2D eigenvalue weighted by Gasteiger charge is 2.22. The van der Waals surface area contributed by atoms with Gasteiger partial charge in [0.1, 0.15) is 5.60 Å². The van der Waals surface area contributed by atoms with Crippen LogP contribution in [0.25, 0.3) is 6.08 Å². The van der Waals surface area contributed by atoms with Crippen molar-refractivity contribution in [1.29, 1.82) is 0 Å². The summed E-state index contributed by atoms with van der Waals surface area (Å²) in [5.41, 5.74) is 2.74. The van der Waals surface area contributed by atoms with Crippen molar-refractivity contribution in [3.8, 4) is 0 Å². The number of hydrogen-bond donors (Lipinski definition) is 0. The second-order valence-corrected chi connectivity index (χ2v) is 6.51. The van der Waals surface area contributed by atoms with Crippen LogP contribution in [-0.4, -0.2) is 16.3 Å². The summed E-state index contributed by atoms with van der Waals surface area (Å²) >= 11 is 0. The summed E-state index contributed by atoms with van der Waals surface area (Å²) in [4.78, 5) is 12.4. The zero-order valence-electron chi connectivity index (χ0n) is 13.0. The molecular weight excluding hydrogens is 250 g/mol. The van der Waals surface area contributed by atoms with Crippen LogP contribution < -0.4 is 0 Å². The van der Waals surface area contributed by atoms with Crippen LogP contribution in [0.15, 0.2) is 12.1 Å². The first-order valence-electron chi connectivity index (χ1n) is 7.49. The Morgan fingerprint density at radius 2 is 2.00 bits per heavy atom. The zero-order chi connectivity index (χ0) is 14.8. The van der Waals surface area contributed by atoms with Crippen LogP contribution in [0.5, 0.6) is 0 Å². The lowest BCUT2D eigenvalue weighted by atomic mass is 10.1. The molecule has 0 spiro atoms. The summed E-state index contributed by atoms with van der Waals surface area (Å²) in [5.74, 6) is 0. The van der Waals surface area contributed by atoms with Crippen molar-refractivity contribution in [2.45, 2.75) is 65.4 Å². The molecule has 3 nitrogen and oxygen atoms in total. The highest BCUT2D eigenvalue weighted by molar-refractivity contribution is 5.75. The zero-order valence-corrected chi connectivity index (χ0v) is 13.0. The number of carbonyl (C=O) groups is 1. The minimum absolute atomic E-state index is 0.260. The number of nitrogens with zero attached hydrogens (tertiary/aromatic N) is 1. The molecule has 1 aromatic heterocycles. The summed E-state index contributed by atoms with van der Waals surface area (Å²) < 4.78 is 7.28. The standard InChI is InChI=1S/C17H25NO2/c1-13-12-14-10-8-6-5-7-9-11-15(14)18(13)16(19)20-17(2,3)4/h8,10,12H,5-7,9,11H2,1-4H3/b10-8-. The minimum Gasteiger partial charge on any atom is -0.443 e. The van der Waals surface area contributed by atoms with Crippen LogP contribution in [-0.2, 0) is 11.2 Å². The van der Waals surface area contributed by atoms with Crippen molar-refractivity contribution in [3.05, 3.63) is 29.1 Å². The average molecular weight is 275 g/mol.